The van der Waals surface area contributed by atoms with Gasteiger partial charge in [0.25, 0.3) is 0 Å². The van der Waals surface area contributed by atoms with Crippen LogP contribution in [0.1, 0.15) is 19.8 Å². The van der Waals surface area contributed by atoms with Crippen LogP contribution in [0.15, 0.2) is 18.6 Å². The first-order valence-corrected chi connectivity index (χ1v) is 8.23. The average Bonchev–Trinajstić information content (AvgIpc) is 3.03. The van der Waals surface area contributed by atoms with Crippen LogP contribution in [-0.2, 0) is 4.74 Å². The van der Waals surface area contributed by atoms with Gasteiger partial charge in [0.2, 0.25) is 0 Å². The van der Waals surface area contributed by atoms with Gasteiger partial charge in [-0.25, -0.2) is 9.97 Å². The molecule has 0 aromatic carbocycles. The van der Waals surface area contributed by atoms with Crippen molar-refractivity contribution in [2.75, 3.05) is 37.7 Å². The SMILES string of the molecule is CCC[C@H]1COC[C@H]2CN(c3ncnc4[nH]ccc34)CCN12. The van der Waals surface area contributed by atoms with Gasteiger partial charge in [0.05, 0.1) is 24.6 Å². The predicted molar refractivity (Wildman–Crippen MR) is 86.1 cm³/mol. The van der Waals surface area contributed by atoms with E-state index in [0.717, 1.165) is 49.7 Å². The molecule has 2 aliphatic rings. The summed E-state index contributed by atoms with van der Waals surface area (Å²) in [6.07, 6.45) is 6.03. The zero-order valence-electron chi connectivity index (χ0n) is 13.0. The van der Waals surface area contributed by atoms with E-state index in [0.29, 0.717) is 12.1 Å². The van der Waals surface area contributed by atoms with Crippen LogP contribution < -0.4 is 4.90 Å². The van der Waals surface area contributed by atoms with Crippen LogP contribution in [0.2, 0.25) is 0 Å². The quantitative estimate of drug-likeness (QED) is 0.934. The molecule has 4 rings (SSSR count). The van der Waals surface area contributed by atoms with Gasteiger partial charge < -0.3 is 14.6 Å². The number of fused-ring (bicyclic) bond motifs is 2. The van der Waals surface area contributed by atoms with Gasteiger partial charge >= 0.3 is 0 Å². The highest BCUT2D eigenvalue weighted by atomic mass is 16.5. The highest BCUT2D eigenvalue weighted by Gasteiger charge is 2.35. The molecular weight excluding hydrogens is 278 g/mol. The van der Waals surface area contributed by atoms with E-state index in [1.165, 1.54) is 12.8 Å². The van der Waals surface area contributed by atoms with E-state index in [-0.39, 0.29) is 0 Å². The third-order valence-corrected chi connectivity index (χ3v) is 4.87. The Labute approximate surface area is 130 Å². The zero-order chi connectivity index (χ0) is 14.9. The molecule has 4 heterocycles. The summed E-state index contributed by atoms with van der Waals surface area (Å²) in [4.78, 5) is 17.0. The average molecular weight is 301 g/mol. The Balaban J connectivity index is 1.56. The lowest BCUT2D eigenvalue weighted by molar-refractivity contribution is -0.0558. The number of hydrogen-bond donors (Lipinski definition) is 1. The minimum atomic E-state index is 0.475. The van der Waals surface area contributed by atoms with Gasteiger partial charge in [-0.1, -0.05) is 13.3 Å². The van der Waals surface area contributed by atoms with Crippen molar-refractivity contribution in [3.63, 3.8) is 0 Å². The molecule has 22 heavy (non-hydrogen) atoms. The number of nitrogens with one attached hydrogen (secondary N) is 1. The van der Waals surface area contributed by atoms with Crippen LogP contribution >= 0.6 is 0 Å². The van der Waals surface area contributed by atoms with Crippen molar-refractivity contribution in [1.82, 2.24) is 19.9 Å². The fraction of sp³-hybridized carbons (Fsp3) is 0.625. The molecule has 2 aromatic rings. The fourth-order valence-corrected chi connectivity index (χ4v) is 3.82. The Bertz CT molecular complexity index is 640. The molecule has 1 N–H and O–H groups in total. The van der Waals surface area contributed by atoms with E-state index in [2.05, 4.69) is 37.7 Å². The Morgan fingerprint density at radius 1 is 1.32 bits per heavy atom. The summed E-state index contributed by atoms with van der Waals surface area (Å²) in [5, 5.41) is 1.11. The molecule has 2 fully saturated rings. The molecule has 118 valence electrons. The van der Waals surface area contributed by atoms with Crippen LogP contribution in [-0.4, -0.2) is 64.8 Å². The number of piperazine rings is 1. The second kappa shape index (κ2) is 5.85. The van der Waals surface area contributed by atoms with Gasteiger partial charge in [-0.15, -0.1) is 0 Å². The first-order chi connectivity index (χ1) is 10.9. The van der Waals surface area contributed by atoms with Crippen LogP contribution in [0.4, 0.5) is 5.82 Å². The maximum Gasteiger partial charge on any atom is 0.142 e. The largest absolute Gasteiger partial charge is 0.378 e. The monoisotopic (exact) mass is 301 g/mol. The van der Waals surface area contributed by atoms with Crippen molar-refractivity contribution in [1.29, 1.82) is 0 Å². The van der Waals surface area contributed by atoms with Gasteiger partial charge in [0.15, 0.2) is 0 Å². The second-order valence-corrected chi connectivity index (χ2v) is 6.25. The second-order valence-electron chi connectivity index (χ2n) is 6.25. The molecule has 0 radical (unpaired) electrons. The molecule has 0 saturated carbocycles. The summed E-state index contributed by atoms with van der Waals surface area (Å²) in [7, 11) is 0. The number of morpholine rings is 1. The molecule has 0 bridgehead atoms. The van der Waals surface area contributed by atoms with Crippen LogP contribution in [0.3, 0.4) is 0 Å². The number of anilines is 1. The van der Waals surface area contributed by atoms with E-state index >= 15 is 0 Å². The van der Waals surface area contributed by atoms with Crippen LogP contribution in [0.25, 0.3) is 11.0 Å². The van der Waals surface area contributed by atoms with Crippen LogP contribution in [0.5, 0.6) is 0 Å². The number of aromatic nitrogens is 3. The zero-order valence-corrected chi connectivity index (χ0v) is 13.0. The predicted octanol–water partition coefficient (Wildman–Crippen LogP) is 1.65. The number of H-pyrrole nitrogens is 1. The molecule has 6 nitrogen and oxygen atoms in total. The lowest BCUT2D eigenvalue weighted by atomic mass is 10.0. The Hall–Kier alpha value is -1.66. The molecular formula is C16H23N5O. The first-order valence-electron chi connectivity index (χ1n) is 8.23. The first kappa shape index (κ1) is 14.0. The van der Waals surface area contributed by atoms with Crippen molar-refractivity contribution in [3.05, 3.63) is 18.6 Å². The van der Waals surface area contributed by atoms with Gasteiger partial charge in [-0.05, 0) is 12.5 Å². The molecule has 0 spiro atoms. The normalized spacial score (nSPS) is 26.3. The van der Waals surface area contributed by atoms with E-state index in [1.54, 1.807) is 6.33 Å². The summed E-state index contributed by atoms with van der Waals surface area (Å²) in [5.74, 6) is 1.04. The standard InChI is InChI=1S/C16H23N5O/c1-2-3-12-9-22-10-13-8-20(6-7-21(12)13)16-14-4-5-17-15(14)18-11-19-16/h4-5,11-13H,2-3,6-10H2,1H3,(H,17,18,19)/t12-,13+/m0/s1. The van der Waals surface area contributed by atoms with Crippen molar-refractivity contribution < 1.29 is 4.74 Å². The Morgan fingerprint density at radius 2 is 2.27 bits per heavy atom. The molecule has 0 amide bonds. The number of nitrogens with zero attached hydrogens (tertiary/aromatic N) is 4. The summed E-state index contributed by atoms with van der Waals surface area (Å²) in [6, 6.07) is 3.13. The van der Waals surface area contributed by atoms with Crippen LogP contribution in [0, 0.1) is 0 Å². The number of rotatable bonds is 3. The summed E-state index contributed by atoms with van der Waals surface area (Å²) >= 11 is 0. The van der Waals surface area contributed by atoms with Crippen molar-refractivity contribution in [3.8, 4) is 0 Å². The summed E-state index contributed by atoms with van der Waals surface area (Å²) in [6.45, 7) is 7.07. The minimum absolute atomic E-state index is 0.475. The molecule has 2 atom stereocenters. The van der Waals surface area contributed by atoms with E-state index < -0.39 is 0 Å². The van der Waals surface area contributed by atoms with E-state index in [1.807, 2.05) is 6.20 Å². The number of hydrogen-bond acceptors (Lipinski definition) is 5. The van der Waals surface area contributed by atoms with E-state index in [9.17, 15) is 0 Å². The van der Waals surface area contributed by atoms with Gasteiger partial charge in [-0.3, -0.25) is 4.90 Å². The molecule has 2 aromatic heterocycles. The van der Waals surface area contributed by atoms with Gasteiger partial charge in [-0.2, -0.15) is 0 Å². The Morgan fingerprint density at radius 3 is 3.18 bits per heavy atom. The van der Waals surface area contributed by atoms with Gasteiger partial charge in [0.1, 0.15) is 17.8 Å². The highest BCUT2D eigenvalue weighted by Crippen LogP contribution is 2.27. The summed E-state index contributed by atoms with van der Waals surface area (Å²) in [5.41, 5.74) is 0.913. The molecule has 0 aliphatic carbocycles. The number of ether oxygens (including phenoxy) is 1. The smallest absolute Gasteiger partial charge is 0.142 e. The lowest BCUT2D eigenvalue weighted by Gasteiger charge is -2.48. The molecule has 2 saturated heterocycles. The van der Waals surface area contributed by atoms with Gasteiger partial charge in [0, 0.05) is 31.9 Å². The van der Waals surface area contributed by atoms with Crippen molar-refractivity contribution in [2.24, 2.45) is 0 Å². The molecule has 0 unspecified atom stereocenters. The summed E-state index contributed by atoms with van der Waals surface area (Å²) < 4.78 is 5.85. The van der Waals surface area contributed by atoms with Crippen molar-refractivity contribution >= 4 is 16.9 Å². The molecule has 6 heteroatoms. The Kier molecular flexibility index (Phi) is 3.72. The lowest BCUT2D eigenvalue weighted by Crippen LogP contribution is -2.62. The number of aromatic amines is 1. The maximum atomic E-state index is 5.85. The maximum absolute atomic E-state index is 5.85. The van der Waals surface area contributed by atoms with E-state index in [4.69, 9.17) is 4.74 Å². The third kappa shape index (κ3) is 2.36. The highest BCUT2D eigenvalue weighted by molar-refractivity contribution is 5.87. The minimum Gasteiger partial charge on any atom is -0.378 e. The molecule has 2 aliphatic heterocycles. The topological polar surface area (TPSA) is 57.3 Å². The van der Waals surface area contributed by atoms with Crippen molar-refractivity contribution in [2.45, 2.75) is 31.8 Å². The third-order valence-electron chi connectivity index (χ3n) is 4.87. The fourth-order valence-electron chi connectivity index (χ4n) is 3.82.